The van der Waals surface area contributed by atoms with E-state index in [9.17, 15) is 14.4 Å². The molecule has 4 aromatic rings. The standard InChI is InChI=1S/C31H27ClN2O6S2/c1-16(2)39-30(37)26-17(3)33-31-34(27(26)18-6-10-21(41-5)11-7-18)28(35)25(42-31)15-20-9-13-24(40-20)23-14-19(32)8-12-22(23)29(36)38-4/h6-16,27H,1-5H3/b25-15-/t27-/m1/s1. The number of carbonyl (C=O) groups is 2. The van der Waals surface area contributed by atoms with Crippen LogP contribution in [0.25, 0.3) is 17.4 Å². The van der Waals surface area contributed by atoms with Crippen molar-refractivity contribution in [3.05, 3.63) is 107 Å². The molecule has 11 heteroatoms. The summed E-state index contributed by atoms with van der Waals surface area (Å²) in [7, 11) is 1.30. The van der Waals surface area contributed by atoms with Gasteiger partial charge in [0.25, 0.3) is 5.56 Å². The van der Waals surface area contributed by atoms with Gasteiger partial charge in [-0.15, -0.1) is 11.8 Å². The molecule has 2 aromatic heterocycles. The number of benzene rings is 2. The molecular formula is C31H27ClN2O6S2. The molecule has 0 spiro atoms. The first-order valence-electron chi connectivity index (χ1n) is 13.0. The van der Waals surface area contributed by atoms with Gasteiger partial charge in [0.15, 0.2) is 4.80 Å². The zero-order valence-electron chi connectivity index (χ0n) is 23.5. The molecule has 0 fully saturated rings. The van der Waals surface area contributed by atoms with E-state index >= 15 is 0 Å². The summed E-state index contributed by atoms with van der Waals surface area (Å²) in [5.74, 6) is -0.265. The largest absolute Gasteiger partial charge is 0.465 e. The van der Waals surface area contributed by atoms with E-state index in [-0.39, 0.29) is 11.7 Å². The molecule has 0 unspecified atom stereocenters. The lowest BCUT2D eigenvalue weighted by atomic mass is 9.96. The Balaban J connectivity index is 1.63. The van der Waals surface area contributed by atoms with E-state index in [0.29, 0.717) is 48.3 Å². The minimum atomic E-state index is -0.716. The summed E-state index contributed by atoms with van der Waals surface area (Å²) in [4.78, 5) is 45.6. The summed E-state index contributed by atoms with van der Waals surface area (Å²) in [5.41, 5.74) is 2.01. The van der Waals surface area contributed by atoms with Crippen molar-refractivity contribution in [3.63, 3.8) is 0 Å². The lowest BCUT2D eigenvalue weighted by Crippen LogP contribution is -2.40. The fourth-order valence-corrected chi connectivity index (χ4v) is 6.28. The van der Waals surface area contributed by atoms with Crippen molar-refractivity contribution in [2.75, 3.05) is 13.4 Å². The van der Waals surface area contributed by atoms with Gasteiger partial charge in [0.05, 0.1) is 40.6 Å². The zero-order valence-corrected chi connectivity index (χ0v) is 25.9. The van der Waals surface area contributed by atoms with Gasteiger partial charge in [-0.2, -0.15) is 0 Å². The number of fused-ring (bicyclic) bond motifs is 1. The average Bonchev–Trinajstić information content (AvgIpc) is 3.55. The number of rotatable bonds is 7. The number of esters is 2. The number of hydrogen-bond donors (Lipinski definition) is 0. The van der Waals surface area contributed by atoms with Gasteiger partial charge >= 0.3 is 11.9 Å². The second-order valence-electron chi connectivity index (χ2n) is 9.69. The first-order valence-corrected chi connectivity index (χ1v) is 15.4. The number of furan rings is 1. The van der Waals surface area contributed by atoms with E-state index in [1.54, 1.807) is 68.9 Å². The van der Waals surface area contributed by atoms with Crippen molar-refractivity contribution < 1.29 is 23.5 Å². The van der Waals surface area contributed by atoms with E-state index in [1.165, 1.54) is 23.0 Å². The van der Waals surface area contributed by atoms with Gasteiger partial charge in [-0.1, -0.05) is 35.1 Å². The lowest BCUT2D eigenvalue weighted by molar-refractivity contribution is -0.143. The van der Waals surface area contributed by atoms with Gasteiger partial charge in [-0.05, 0) is 75.1 Å². The molecule has 5 rings (SSSR count). The molecule has 1 aliphatic heterocycles. The molecule has 42 heavy (non-hydrogen) atoms. The highest BCUT2D eigenvalue weighted by Gasteiger charge is 2.33. The first kappa shape index (κ1) is 29.6. The van der Waals surface area contributed by atoms with Gasteiger partial charge < -0.3 is 13.9 Å². The molecule has 2 aromatic carbocycles. The molecule has 0 saturated heterocycles. The van der Waals surface area contributed by atoms with Crippen molar-refractivity contribution in [2.24, 2.45) is 4.99 Å². The van der Waals surface area contributed by atoms with Crippen molar-refractivity contribution in [1.82, 2.24) is 4.57 Å². The van der Waals surface area contributed by atoms with E-state index in [0.717, 1.165) is 10.5 Å². The number of aromatic nitrogens is 1. The molecule has 216 valence electrons. The minimum Gasteiger partial charge on any atom is -0.465 e. The number of halogens is 1. The van der Waals surface area contributed by atoms with Crippen LogP contribution in [-0.4, -0.2) is 36.0 Å². The van der Waals surface area contributed by atoms with Crippen LogP contribution in [0.2, 0.25) is 5.02 Å². The van der Waals surface area contributed by atoms with Crippen LogP contribution in [0.5, 0.6) is 0 Å². The van der Waals surface area contributed by atoms with Crippen LogP contribution in [0, 0.1) is 0 Å². The molecule has 0 amide bonds. The molecule has 3 heterocycles. The number of thioether (sulfide) groups is 1. The number of allylic oxidation sites excluding steroid dienone is 1. The Morgan fingerprint density at radius 2 is 1.86 bits per heavy atom. The molecular weight excluding hydrogens is 596 g/mol. The topological polar surface area (TPSA) is 100 Å². The maximum absolute atomic E-state index is 13.9. The number of carbonyl (C=O) groups excluding carboxylic acids is 2. The summed E-state index contributed by atoms with van der Waals surface area (Å²) >= 11 is 8.99. The van der Waals surface area contributed by atoms with Crippen LogP contribution in [0.3, 0.4) is 0 Å². The summed E-state index contributed by atoms with van der Waals surface area (Å²) < 4.78 is 18.4. The van der Waals surface area contributed by atoms with Gasteiger partial charge in [-0.25, -0.2) is 14.6 Å². The Morgan fingerprint density at radius 1 is 1.12 bits per heavy atom. The molecule has 0 radical (unpaired) electrons. The summed E-state index contributed by atoms with van der Waals surface area (Å²) in [5, 5.41) is 0.427. The van der Waals surface area contributed by atoms with Crippen LogP contribution in [0.15, 0.2) is 85.0 Å². The Labute approximate surface area is 254 Å². The third kappa shape index (κ3) is 5.74. The number of thiazole rings is 1. The second kappa shape index (κ2) is 12.2. The molecule has 1 aliphatic rings. The molecule has 0 bridgehead atoms. The smallest absolute Gasteiger partial charge is 0.338 e. The third-order valence-corrected chi connectivity index (χ3v) is 8.53. The van der Waals surface area contributed by atoms with Crippen molar-refractivity contribution in [1.29, 1.82) is 0 Å². The van der Waals surface area contributed by atoms with E-state index in [1.807, 2.05) is 30.5 Å². The van der Waals surface area contributed by atoms with Gasteiger partial charge in [0.2, 0.25) is 0 Å². The average molecular weight is 623 g/mol. The fourth-order valence-electron chi connectivity index (χ4n) is 4.67. The SMILES string of the molecule is COC(=O)c1ccc(Cl)cc1-c1ccc(/C=c2\sc3n(c2=O)[C@H](c2ccc(SC)cc2)C(C(=O)OC(C)C)=C(C)N=3)o1. The predicted molar refractivity (Wildman–Crippen MR) is 164 cm³/mol. The zero-order chi connectivity index (χ0) is 30.1. The van der Waals surface area contributed by atoms with E-state index in [2.05, 4.69) is 4.99 Å². The van der Waals surface area contributed by atoms with Crippen molar-refractivity contribution in [2.45, 2.75) is 37.8 Å². The van der Waals surface area contributed by atoms with Gasteiger partial charge in [0, 0.05) is 21.6 Å². The van der Waals surface area contributed by atoms with Crippen molar-refractivity contribution >= 4 is 52.7 Å². The Morgan fingerprint density at radius 3 is 2.52 bits per heavy atom. The van der Waals surface area contributed by atoms with Crippen LogP contribution < -0.4 is 14.9 Å². The number of nitrogens with zero attached hydrogens (tertiary/aromatic N) is 2. The van der Waals surface area contributed by atoms with E-state index < -0.39 is 18.0 Å². The number of ether oxygens (including phenoxy) is 2. The van der Waals surface area contributed by atoms with Gasteiger partial charge in [-0.3, -0.25) is 9.36 Å². The molecule has 1 atom stereocenters. The predicted octanol–water partition coefficient (Wildman–Crippen LogP) is 5.61. The Hall–Kier alpha value is -3.86. The monoisotopic (exact) mass is 622 g/mol. The maximum Gasteiger partial charge on any atom is 0.338 e. The summed E-state index contributed by atoms with van der Waals surface area (Å²) in [6, 6.07) is 15.2. The van der Waals surface area contributed by atoms with Crippen LogP contribution in [-0.2, 0) is 14.3 Å². The second-order valence-corrected chi connectivity index (χ2v) is 12.0. The quantitative estimate of drug-likeness (QED) is 0.195. The van der Waals surface area contributed by atoms with E-state index in [4.69, 9.17) is 25.5 Å². The molecule has 0 N–H and O–H groups in total. The highest BCUT2D eigenvalue weighted by molar-refractivity contribution is 7.98. The minimum absolute atomic E-state index is 0.297. The number of methoxy groups -OCH3 is 1. The highest BCUT2D eigenvalue weighted by Crippen LogP contribution is 2.32. The highest BCUT2D eigenvalue weighted by atomic mass is 35.5. The van der Waals surface area contributed by atoms with Crippen LogP contribution in [0.1, 0.15) is 48.5 Å². The number of hydrogen-bond acceptors (Lipinski definition) is 9. The van der Waals surface area contributed by atoms with Gasteiger partial charge in [0.1, 0.15) is 11.5 Å². The molecule has 8 nitrogen and oxygen atoms in total. The molecule has 0 saturated carbocycles. The summed E-state index contributed by atoms with van der Waals surface area (Å²) in [6.07, 6.45) is 3.26. The Kier molecular flexibility index (Phi) is 8.58. The van der Waals surface area contributed by atoms with Crippen molar-refractivity contribution in [3.8, 4) is 11.3 Å². The van der Waals surface area contributed by atoms with Crippen LogP contribution >= 0.6 is 34.7 Å². The summed E-state index contributed by atoms with van der Waals surface area (Å²) in [6.45, 7) is 5.31. The molecule has 0 aliphatic carbocycles. The third-order valence-electron chi connectivity index (χ3n) is 6.57. The maximum atomic E-state index is 13.9. The fraction of sp³-hybridized carbons (Fsp3) is 0.226. The normalized spacial score (nSPS) is 15.0. The van der Waals surface area contributed by atoms with Crippen LogP contribution in [0.4, 0.5) is 0 Å². The Bertz CT molecular complexity index is 1900. The lowest BCUT2D eigenvalue weighted by Gasteiger charge is -2.25. The first-order chi connectivity index (χ1) is 20.1.